The zero-order valence-corrected chi connectivity index (χ0v) is 8.91. The molecule has 0 atom stereocenters. The van der Waals surface area contributed by atoms with Crippen LogP contribution >= 0.6 is 0 Å². The first-order valence-electron chi connectivity index (χ1n) is 4.96. The molecular weight excluding hydrogens is 255 g/mol. The predicted molar refractivity (Wildman–Crippen MR) is 50.7 cm³/mol. The Kier molecular flexibility index (Phi) is 2.76. The van der Waals surface area contributed by atoms with Crippen LogP contribution in [0.1, 0.15) is 21.7 Å². The summed E-state index contributed by atoms with van der Waals surface area (Å²) in [6.07, 6.45) is -4.89. The van der Waals surface area contributed by atoms with Crippen LogP contribution < -0.4 is 0 Å². The molecule has 9 heteroatoms. The number of hydrogen-bond donors (Lipinski definition) is 2. The summed E-state index contributed by atoms with van der Waals surface area (Å²) >= 11 is 0. The largest absolute Gasteiger partial charge is 0.476 e. The van der Waals surface area contributed by atoms with Gasteiger partial charge in [-0.05, 0) is 6.42 Å². The topological polar surface area (TPSA) is 86.3 Å². The van der Waals surface area contributed by atoms with E-state index in [9.17, 15) is 22.8 Å². The van der Waals surface area contributed by atoms with Crippen LogP contribution in [0.5, 0.6) is 0 Å². The second kappa shape index (κ2) is 4.00. The Balaban J connectivity index is 2.22. The second-order valence-electron chi connectivity index (χ2n) is 3.81. The lowest BCUT2D eigenvalue weighted by Gasteiger charge is -2.27. The lowest BCUT2D eigenvalue weighted by Crippen LogP contribution is -2.43. The molecular formula is C9H8F3N3O3. The maximum atomic E-state index is 12.2. The van der Waals surface area contributed by atoms with Crippen LogP contribution in [0.4, 0.5) is 13.2 Å². The molecule has 2 heterocycles. The Hall–Kier alpha value is -2.06. The number of carbonyl (C=O) groups is 2. The first kappa shape index (κ1) is 12.4. The van der Waals surface area contributed by atoms with Crippen molar-refractivity contribution < 1.29 is 27.9 Å². The van der Waals surface area contributed by atoms with Crippen molar-refractivity contribution >= 4 is 11.9 Å². The molecule has 2 N–H and O–H groups in total. The summed E-state index contributed by atoms with van der Waals surface area (Å²) in [6.45, 7) is -0.487. The number of carbonyl (C=O) groups excluding carboxylic acids is 1. The number of fused-ring (bicyclic) bond motifs is 1. The minimum absolute atomic E-state index is 0.0370. The highest BCUT2D eigenvalue weighted by atomic mass is 19.4. The van der Waals surface area contributed by atoms with Gasteiger partial charge in [-0.3, -0.25) is 9.89 Å². The molecule has 0 spiro atoms. The highest BCUT2D eigenvalue weighted by Gasteiger charge is 2.43. The summed E-state index contributed by atoms with van der Waals surface area (Å²) in [5.74, 6) is -3.18. The molecule has 0 aliphatic carbocycles. The fourth-order valence-corrected chi connectivity index (χ4v) is 1.85. The molecule has 1 aliphatic heterocycles. The van der Waals surface area contributed by atoms with Crippen LogP contribution in [0.2, 0.25) is 0 Å². The molecule has 0 radical (unpaired) electrons. The Morgan fingerprint density at radius 2 is 2.06 bits per heavy atom. The maximum absolute atomic E-state index is 12.2. The van der Waals surface area contributed by atoms with Crippen LogP contribution in [0.25, 0.3) is 0 Å². The van der Waals surface area contributed by atoms with Crippen molar-refractivity contribution in [3.8, 4) is 0 Å². The maximum Gasteiger partial charge on any atom is 0.471 e. The van der Waals surface area contributed by atoms with Gasteiger partial charge in [0.15, 0.2) is 5.69 Å². The van der Waals surface area contributed by atoms with Crippen molar-refractivity contribution in [2.45, 2.75) is 19.1 Å². The number of aromatic carboxylic acids is 1. The number of nitrogens with one attached hydrogen (secondary N) is 1. The smallest absolute Gasteiger partial charge is 0.471 e. The van der Waals surface area contributed by atoms with E-state index in [1.807, 2.05) is 0 Å². The Morgan fingerprint density at radius 1 is 1.39 bits per heavy atom. The van der Waals surface area contributed by atoms with Gasteiger partial charge in [0.1, 0.15) is 0 Å². The summed E-state index contributed by atoms with van der Waals surface area (Å²) in [6, 6.07) is 0. The number of rotatable bonds is 1. The number of aromatic nitrogens is 2. The van der Waals surface area contributed by atoms with Gasteiger partial charge in [0.25, 0.3) is 0 Å². The van der Waals surface area contributed by atoms with Crippen molar-refractivity contribution in [3.05, 3.63) is 17.0 Å². The molecule has 18 heavy (non-hydrogen) atoms. The number of hydrogen-bond acceptors (Lipinski definition) is 3. The lowest BCUT2D eigenvalue weighted by molar-refractivity contribution is -0.186. The molecule has 0 unspecified atom stereocenters. The number of halogens is 3. The van der Waals surface area contributed by atoms with Gasteiger partial charge in [0, 0.05) is 12.1 Å². The molecule has 0 bridgehead atoms. The number of nitrogens with zero attached hydrogens (tertiary/aromatic N) is 2. The van der Waals surface area contributed by atoms with E-state index in [4.69, 9.17) is 5.11 Å². The van der Waals surface area contributed by atoms with E-state index in [0.29, 0.717) is 10.5 Å². The van der Waals surface area contributed by atoms with Gasteiger partial charge in [0.2, 0.25) is 0 Å². The Morgan fingerprint density at radius 3 is 2.61 bits per heavy atom. The fraction of sp³-hybridized carbons (Fsp3) is 0.444. The van der Waals surface area contributed by atoms with Gasteiger partial charge in [-0.25, -0.2) is 4.79 Å². The normalized spacial score (nSPS) is 15.4. The molecule has 6 nitrogen and oxygen atoms in total. The van der Waals surface area contributed by atoms with E-state index in [0.717, 1.165) is 0 Å². The van der Waals surface area contributed by atoms with Crippen molar-refractivity contribution in [3.63, 3.8) is 0 Å². The number of H-pyrrole nitrogens is 1. The summed E-state index contributed by atoms with van der Waals surface area (Å²) in [4.78, 5) is 22.4. The number of aromatic amines is 1. The van der Waals surface area contributed by atoms with Crippen molar-refractivity contribution in [2.24, 2.45) is 0 Å². The number of amides is 1. The van der Waals surface area contributed by atoms with Crippen LogP contribution in [0.15, 0.2) is 0 Å². The second-order valence-corrected chi connectivity index (χ2v) is 3.81. The van der Waals surface area contributed by atoms with Crippen molar-refractivity contribution in [2.75, 3.05) is 6.54 Å². The average Bonchev–Trinajstić information content (AvgIpc) is 2.69. The molecule has 1 aromatic rings. The zero-order valence-electron chi connectivity index (χ0n) is 8.91. The van der Waals surface area contributed by atoms with Gasteiger partial charge < -0.3 is 10.0 Å². The fourth-order valence-electron chi connectivity index (χ4n) is 1.85. The van der Waals surface area contributed by atoms with Gasteiger partial charge in [-0.15, -0.1) is 0 Å². The average molecular weight is 263 g/mol. The third kappa shape index (κ3) is 2.03. The Labute approximate surface area is 98.4 Å². The van der Waals surface area contributed by atoms with Crippen molar-refractivity contribution in [1.82, 2.24) is 15.1 Å². The van der Waals surface area contributed by atoms with Crippen molar-refractivity contribution in [1.29, 1.82) is 0 Å². The van der Waals surface area contributed by atoms with E-state index in [1.54, 1.807) is 0 Å². The monoisotopic (exact) mass is 263 g/mol. The highest BCUT2D eigenvalue weighted by Crippen LogP contribution is 2.25. The SMILES string of the molecule is O=C(O)c1n[nH]c2c1CCN(C(=O)C(F)(F)F)C2. The van der Waals surface area contributed by atoms with Crippen LogP contribution in [-0.2, 0) is 17.8 Å². The summed E-state index contributed by atoms with van der Waals surface area (Å²) in [5.41, 5.74) is 0.383. The molecule has 0 saturated heterocycles. The van der Waals surface area contributed by atoms with E-state index in [-0.39, 0.29) is 30.9 Å². The van der Waals surface area contributed by atoms with E-state index in [1.165, 1.54) is 0 Å². The predicted octanol–water partition coefficient (Wildman–Crippen LogP) is 0.555. The third-order valence-corrected chi connectivity index (χ3v) is 2.67. The summed E-state index contributed by atoms with van der Waals surface area (Å²) in [5, 5.41) is 14.7. The van der Waals surface area contributed by atoms with Gasteiger partial charge >= 0.3 is 18.1 Å². The number of carboxylic acids is 1. The van der Waals surface area contributed by atoms with Gasteiger partial charge in [-0.1, -0.05) is 0 Å². The zero-order chi connectivity index (χ0) is 13.5. The molecule has 0 fully saturated rings. The van der Waals surface area contributed by atoms with Gasteiger partial charge in [-0.2, -0.15) is 18.3 Å². The minimum atomic E-state index is -4.92. The molecule has 0 saturated carbocycles. The minimum Gasteiger partial charge on any atom is -0.476 e. The standard InChI is InChI=1S/C9H8F3N3O3/c10-9(11,12)8(18)15-2-1-4-5(3-15)13-14-6(4)7(16)17/h1-3H2,(H,13,14)(H,16,17). The highest BCUT2D eigenvalue weighted by molar-refractivity contribution is 5.88. The summed E-state index contributed by atoms with van der Waals surface area (Å²) < 4.78 is 36.7. The molecule has 0 aromatic carbocycles. The summed E-state index contributed by atoms with van der Waals surface area (Å²) in [7, 11) is 0. The molecule has 2 rings (SSSR count). The van der Waals surface area contributed by atoms with Gasteiger partial charge in [0.05, 0.1) is 12.2 Å². The van der Waals surface area contributed by atoms with E-state index < -0.39 is 18.1 Å². The first-order chi connectivity index (χ1) is 8.30. The van der Waals surface area contributed by atoms with Crippen LogP contribution in [0.3, 0.4) is 0 Å². The molecule has 1 aliphatic rings. The number of carboxylic acid groups (broad SMARTS) is 1. The van der Waals surface area contributed by atoms with E-state index in [2.05, 4.69) is 10.2 Å². The first-order valence-corrected chi connectivity index (χ1v) is 4.96. The lowest BCUT2D eigenvalue weighted by atomic mass is 10.0. The molecule has 98 valence electrons. The van der Waals surface area contributed by atoms with Crippen LogP contribution in [0, 0.1) is 0 Å². The molecule has 1 amide bonds. The van der Waals surface area contributed by atoms with E-state index >= 15 is 0 Å². The number of alkyl halides is 3. The molecule has 1 aromatic heterocycles. The third-order valence-electron chi connectivity index (χ3n) is 2.67. The Bertz CT molecular complexity index is 509. The quantitative estimate of drug-likeness (QED) is 0.774. The van der Waals surface area contributed by atoms with Crippen LogP contribution in [-0.4, -0.2) is 44.8 Å².